The highest BCUT2D eigenvalue weighted by Crippen LogP contribution is 2.11. The molecule has 0 radical (unpaired) electrons. The molecule has 1 atom stereocenters. The summed E-state index contributed by atoms with van der Waals surface area (Å²) in [4.78, 5) is 35.1. The van der Waals surface area contributed by atoms with Gasteiger partial charge in [0.15, 0.2) is 0 Å². The summed E-state index contributed by atoms with van der Waals surface area (Å²) in [5.41, 5.74) is 1.95. The molecular weight excluding hydrogens is 318 g/mol. The van der Waals surface area contributed by atoms with E-state index in [1.165, 1.54) is 0 Å². The van der Waals surface area contributed by atoms with E-state index in [1.807, 2.05) is 30.3 Å². The molecule has 0 aliphatic rings. The summed E-state index contributed by atoms with van der Waals surface area (Å²) in [6.45, 7) is 2.23. The lowest BCUT2D eigenvalue weighted by molar-refractivity contribution is -0.147. The summed E-state index contributed by atoms with van der Waals surface area (Å²) in [6.07, 6.45) is 1.21. The minimum Gasteiger partial charge on any atom is -0.466 e. The Balaban J connectivity index is 2.01. The van der Waals surface area contributed by atoms with Gasteiger partial charge in [0.2, 0.25) is 0 Å². The topological polar surface area (TPSA) is 72.5 Å². The largest absolute Gasteiger partial charge is 0.466 e. The molecular formula is C20H21NO4. The predicted octanol–water partition coefficient (Wildman–Crippen LogP) is 2.65. The Hall–Kier alpha value is -2.95. The van der Waals surface area contributed by atoms with Crippen molar-refractivity contribution in [2.45, 2.75) is 13.3 Å². The van der Waals surface area contributed by atoms with E-state index >= 15 is 0 Å². The van der Waals surface area contributed by atoms with E-state index in [0.717, 1.165) is 11.8 Å². The van der Waals surface area contributed by atoms with Gasteiger partial charge in [-0.05, 0) is 31.0 Å². The molecule has 25 heavy (non-hydrogen) atoms. The quantitative estimate of drug-likeness (QED) is 0.593. The van der Waals surface area contributed by atoms with E-state index in [0.29, 0.717) is 24.2 Å². The van der Waals surface area contributed by atoms with Crippen LogP contribution in [0.5, 0.6) is 0 Å². The summed E-state index contributed by atoms with van der Waals surface area (Å²) in [5, 5.41) is 2.77. The van der Waals surface area contributed by atoms with Crippen molar-refractivity contribution in [1.82, 2.24) is 5.32 Å². The van der Waals surface area contributed by atoms with Gasteiger partial charge in [0.25, 0.3) is 5.91 Å². The smallest absolute Gasteiger partial charge is 0.311 e. The number of carbonyl (C=O) groups is 3. The lowest BCUT2D eigenvalue weighted by Gasteiger charge is -2.16. The monoisotopic (exact) mass is 339 g/mol. The highest BCUT2D eigenvalue weighted by atomic mass is 16.5. The van der Waals surface area contributed by atoms with Crippen molar-refractivity contribution in [1.29, 1.82) is 0 Å². The molecule has 0 bridgehead atoms. The molecule has 0 spiro atoms. The average Bonchev–Trinajstić information content (AvgIpc) is 2.66. The first kappa shape index (κ1) is 18.4. The summed E-state index contributed by atoms with van der Waals surface area (Å²) >= 11 is 0. The molecule has 0 saturated carbocycles. The third-order valence-electron chi connectivity index (χ3n) is 3.76. The van der Waals surface area contributed by atoms with Gasteiger partial charge in [0, 0.05) is 17.7 Å². The number of hydrogen-bond acceptors (Lipinski definition) is 4. The predicted molar refractivity (Wildman–Crippen MR) is 94.4 cm³/mol. The van der Waals surface area contributed by atoms with Crippen LogP contribution in [-0.4, -0.2) is 31.3 Å². The molecule has 2 aromatic carbocycles. The SMILES string of the molecule is CCOC(=O)C(CNC(=O)c1ccc(C=O)cc1)Cc1ccccc1. The fourth-order valence-electron chi connectivity index (χ4n) is 2.43. The molecule has 0 aromatic heterocycles. The standard InChI is InChI=1S/C20H21NO4/c1-2-25-20(24)18(12-15-6-4-3-5-7-15)13-21-19(23)17-10-8-16(14-22)9-11-17/h3-11,14,18H,2,12-13H2,1H3,(H,21,23). The van der Waals surface area contributed by atoms with Crippen LogP contribution in [0.1, 0.15) is 33.2 Å². The molecule has 0 fully saturated rings. The number of amides is 1. The Morgan fingerprint density at radius 3 is 2.36 bits per heavy atom. The Morgan fingerprint density at radius 1 is 1.08 bits per heavy atom. The molecule has 0 aliphatic carbocycles. The zero-order valence-corrected chi connectivity index (χ0v) is 14.1. The van der Waals surface area contributed by atoms with Crippen LogP contribution in [0.15, 0.2) is 54.6 Å². The molecule has 5 heteroatoms. The lowest BCUT2D eigenvalue weighted by atomic mass is 9.99. The summed E-state index contributed by atoms with van der Waals surface area (Å²) in [5.74, 6) is -1.08. The number of rotatable bonds is 8. The van der Waals surface area contributed by atoms with Crippen LogP contribution in [0.3, 0.4) is 0 Å². The van der Waals surface area contributed by atoms with Gasteiger partial charge in [0.1, 0.15) is 6.29 Å². The molecule has 0 heterocycles. The molecule has 1 unspecified atom stereocenters. The fourth-order valence-corrected chi connectivity index (χ4v) is 2.43. The van der Waals surface area contributed by atoms with Crippen molar-refractivity contribution >= 4 is 18.2 Å². The third-order valence-corrected chi connectivity index (χ3v) is 3.76. The van der Waals surface area contributed by atoms with Crippen LogP contribution in [0.2, 0.25) is 0 Å². The number of carbonyl (C=O) groups excluding carboxylic acids is 3. The number of hydrogen-bond donors (Lipinski definition) is 1. The van der Waals surface area contributed by atoms with Crippen LogP contribution < -0.4 is 5.32 Å². The van der Waals surface area contributed by atoms with E-state index < -0.39 is 5.92 Å². The maximum absolute atomic E-state index is 12.2. The summed E-state index contributed by atoms with van der Waals surface area (Å²) in [7, 11) is 0. The van der Waals surface area contributed by atoms with Crippen LogP contribution >= 0.6 is 0 Å². The number of ether oxygens (including phenoxy) is 1. The van der Waals surface area contributed by atoms with Crippen molar-refractivity contribution in [3.63, 3.8) is 0 Å². The average molecular weight is 339 g/mol. The van der Waals surface area contributed by atoms with Crippen LogP contribution in [0.25, 0.3) is 0 Å². The first-order chi connectivity index (χ1) is 12.1. The Labute approximate surface area is 147 Å². The molecule has 0 aliphatic heterocycles. The van der Waals surface area contributed by atoms with E-state index in [-0.39, 0.29) is 18.4 Å². The van der Waals surface area contributed by atoms with Crippen molar-refractivity contribution in [3.05, 3.63) is 71.3 Å². The molecule has 1 amide bonds. The molecule has 2 aromatic rings. The van der Waals surface area contributed by atoms with E-state index in [1.54, 1.807) is 31.2 Å². The first-order valence-electron chi connectivity index (χ1n) is 8.18. The fraction of sp³-hybridized carbons (Fsp3) is 0.250. The Kier molecular flexibility index (Phi) is 6.89. The number of aldehydes is 1. The van der Waals surface area contributed by atoms with Gasteiger partial charge in [0.05, 0.1) is 12.5 Å². The minimum absolute atomic E-state index is 0.183. The van der Waals surface area contributed by atoms with Crippen molar-refractivity contribution in [2.75, 3.05) is 13.2 Å². The summed E-state index contributed by atoms with van der Waals surface area (Å²) in [6, 6.07) is 15.9. The van der Waals surface area contributed by atoms with Crippen molar-refractivity contribution in [2.24, 2.45) is 5.92 Å². The van der Waals surface area contributed by atoms with Gasteiger partial charge in [-0.25, -0.2) is 0 Å². The molecule has 5 nitrogen and oxygen atoms in total. The lowest BCUT2D eigenvalue weighted by Crippen LogP contribution is -2.35. The molecule has 2 rings (SSSR count). The number of benzene rings is 2. The van der Waals surface area contributed by atoms with Gasteiger partial charge in [-0.15, -0.1) is 0 Å². The van der Waals surface area contributed by atoms with Crippen LogP contribution in [0, 0.1) is 5.92 Å². The maximum Gasteiger partial charge on any atom is 0.311 e. The van der Waals surface area contributed by atoms with E-state index in [2.05, 4.69) is 5.32 Å². The summed E-state index contributed by atoms with van der Waals surface area (Å²) < 4.78 is 5.12. The van der Waals surface area contributed by atoms with Crippen LogP contribution in [0.4, 0.5) is 0 Å². The highest BCUT2D eigenvalue weighted by Gasteiger charge is 2.21. The van der Waals surface area contributed by atoms with Crippen molar-refractivity contribution in [3.8, 4) is 0 Å². The van der Waals surface area contributed by atoms with Gasteiger partial charge in [-0.1, -0.05) is 42.5 Å². The van der Waals surface area contributed by atoms with Crippen LogP contribution in [-0.2, 0) is 16.0 Å². The number of esters is 1. The number of nitrogens with one attached hydrogen (secondary N) is 1. The van der Waals surface area contributed by atoms with Gasteiger partial charge >= 0.3 is 5.97 Å². The zero-order valence-electron chi connectivity index (χ0n) is 14.1. The van der Waals surface area contributed by atoms with Gasteiger partial charge < -0.3 is 10.1 Å². The third kappa shape index (κ3) is 5.57. The second-order valence-electron chi connectivity index (χ2n) is 5.59. The Morgan fingerprint density at radius 2 is 1.76 bits per heavy atom. The van der Waals surface area contributed by atoms with Crippen molar-refractivity contribution < 1.29 is 19.1 Å². The minimum atomic E-state index is -0.458. The van der Waals surface area contributed by atoms with Gasteiger partial charge in [-0.3, -0.25) is 14.4 Å². The highest BCUT2D eigenvalue weighted by molar-refractivity contribution is 5.95. The maximum atomic E-state index is 12.2. The second kappa shape index (κ2) is 9.37. The van der Waals surface area contributed by atoms with E-state index in [4.69, 9.17) is 4.74 Å². The normalized spacial score (nSPS) is 11.4. The molecule has 0 saturated heterocycles. The van der Waals surface area contributed by atoms with Gasteiger partial charge in [-0.2, -0.15) is 0 Å². The molecule has 130 valence electrons. The second-order valence-corrected chi connectivity index (χ2v) is 5.59. The Bertz CT molecular complexity index is 710. The zero-order chi connectivity index (χ0) is 18.1. The van der Waals surface area contributed by atoms with E-state index in [9.17, 15) is 14.4 Å². The first-order valence-corrected chi connectivity index (χ1v) is 8.18. The molecule has 1 N–H and O–H groups in total.